The molecular weight excluding hydrogens is 368 g/mol. The number of hydrogen-bond donors (Lipinski definition) is 1. The first-order valence-electron chi connectivity index (χ1n) is 10.1. The fourth-order valence-electron chi connectivity index (χ4n) is 4.75. The molecule has 3 amide bonds. The van der Waals surface area contributed by atoms with Crippen LogP contribution < -0.4 is 5.32 Å². The largest absolute Gasteiger partial charge is 0.325 e. The van der Waals surface area contributed by atoms with E-state index in [1.165, 1.54) is 0 Å². The Balaban J connectivity index is 1.59. The number of carbonyl (C=O) groups excluding carboxylic acids is 3. The highest BCUT2D eigenvalue weighted by molar-refractivity contribution is 6.11. The van der Waals surface area contributed by atoms with Crippen LogP contribution in [0.3, 0.4) is 0 Å². The molecule has 0 radical (unpaired) electrons. The molecule has 1 saturated heterocycles. The Morgan fingerprint density at radius 2 is 2.07 bits per heavy atom. The molecule has 0 bridgehead atoms. The quantitative estimate of drug-likeness (QED) is 0.638. The molecule has 7 nitrogen and oxygen atoms in total. The van der Waals surface area contributed by atoms with Gasteiger partial charge in [0.15, 0.2) is 5.78 Å². The van der Waals surface area contributed by atoms with Gasteiger partial charge in [0.2, 0.25) is 0 Å². The summed E-state index contributed by atoms with van der Waals surface area (Å²) in [5, 5.41) is 2.90. The van der Waals surface area contributed by atoms with Crippen LogP contribution in [0.1, 0.15) is 54.4 Å². The standard InChI is InChI=1S/C22H26N4O3/c1-14-8-4-6-10-22(14)20(28)25(21(29)24-22)13-18(27)17-12-15(2)26(16(17)3)19-9-5-7-11-23-19/h5,7,9,11-12,14H,4,6,8,10,13H2,1-3H3,(H,24,29). The molecule has 2 atom stereocenters. The Kier molecular flexibility index (Phi) is 4.76. The predicted molar refractivity (Wildman–Crippen MR) is 108 cm³/mol. The monoisotopic (exact) mass is 394 g/mol. The maximum atomic E-state index is 13.1. The van der Waals surface area contributed by atoms with Gasteiger partial charge in [-0.2, -0.15) is 0 Å². The number of carbonyl (C=O) groups is 3. The first-order chi connectivity index (χ1) is 13.8. The maximum Gasteiger partial charge on any atom is 0.325 e. The van der Waals surface area contributed by atoms with E-state index in [1.54, 1.807) is 12.3 Å². The first-order valence-corrected chi connectivity index (χ1v) is 10.1. The highest BCUT2D eigenvalue weighted by Gasteiger charge is 2.55. The molecule has 2 aliphatic rings. The van der Waals surface area contributed by atoms with Gasteiger partial charge in [-0.25, -0.2) is 9.78 Å². The number of amides is 3. The lowest BCUT2D eigenvalue weighted by molar-refractivity contribution is -0.133. The highest BCUT2D eigenvalue weighted by Crippen LogP contribution is 2.38. The van der Waals surface area contributed by atoms with Gasteiger partial charge in [-0.05, 0) is 50.8 Å². The van der Waals surface area contributed by atoms with Crippen LogP contribution >= 0.6 is 0 Å². The van der Waals surface area contributed by atoms with Crippen molar-refractivity contribution in [3.63, 3.8) is 0 Å². The predicted octanol–water partition coefficient (Wildman–Crippen LogP) is 3.17. The lowest BCUT2D eigenvalue weighted by Crippen LogP contribution is -2.54. The molecule has 152 valence electrons. The molecule has 1 saturated carbocycles. The lowest BCUT2D eigenvalue weighted by atomic mass is 9.73. The fraction of sp³-hybridized carbons (Fsp3) is 0.455. The van der Waals surface area contributed by atoms with Gasteiger partial charge >= 0.3 is 6.03 Å². The van der Waals surface area contributed by atoms with Crippen LogP contribution in [0.25, 0.3) is 5.82 Å². The number of ketones is 1. The van der Waals surface area contributed by atoms with Crippen LogP contribution in [-0.2, 0) is 4.79 Å². The second-order valence-corrected chi connectivity index (χ2v) is 8.17. The van der Waals surface area contributed by atoms with Gasteiger partial charge in [0, 0.05) is 23.1 Å². The van der Waals surface area contributed by atoms with Crippen molar-refractivity contribution in [2.75, 3.05) is 6.54 Å². The zero-order valence-corrected chi connectivity index (χ0v) is 17.1. The minimum absolute atomic E-state index is 0.0713. The second kappa shape index (κ2) is 7.13. The van der Waals surface area contributed by atoms with E-state index >= 15 is 0 Å². The van der Waals surface area contributed by atoms with Gasteiger partial charge in [0.25, 0.3) is 5.91 Å². The number of Topliss-reactive ketones (excluding diaryl/α,β-unsaturated/α-hetero) is 1. The SMILES string of the molecule is Cc1cc(C(=O)CN2C(=O)NC3(CCCCC3C)C2=O)c(C)n1-c1ccccn1. The minimum atomic E-state index is -0.847. The Labute approximate surface area is 170 Å². The Bertz CT molecular complexity index is 981. The molecule has 2 aromatic rings. The number of hydrogen-bond acceptors (Lipinski definition) is 4. The summed E-state index contributed by atoms with van der Waals surface area (Å²) in [6.07, 6.45) is 5.21. The van der Waals surface area contributed by atoms with Crippen molar-refractivity contribution in [2.24, 2.45) is 5.92 Å². The van der Waals surface area contributed by atoms with Crippen molar-refractivity contribution in [1.82, 2.24) is 19.8 Å². The highest BCUT2D eigenvalue weighted by atomic mass is 16.2. The van der Waals surface area contributed by atoms with Crippen molar-refractivity contribution >= 4 is 17.7 Å². The molecule has 2 fully saturated rings. The molecule has 3 heterocycles. The molecule has 2 unspecified atom stereocenters. The number of aromatic nitrogens is 2. The van der Waals surface area contributed by atoms with Gasteiger partial charge in [-0.3, -0.25) is 14.5 Å². The number of nitrogens with one attached hydrogen (secondary N) is 1. The van der Waals surface area contributed by atoms with E-state index in [9.17, 15) is 14.4 Å². The van der Waals surface area contributed by atoms with E-state index in [-0.39, 0.29) is 24.2 Å². The van der Waals surface area contributed by atoms with E-state index in [2.05, 4.69) is 10.3 Å². The summed E-state index contributed by atoms with van der Waals surface area (Å²) >= 11 is 0. The number of nitrogens with zero attached hydrogens (tertiary/aromatic N) is 3. The number of rotatable bonds is 4. The van der Waals surface area contributed by atoms with Crippen molar-refractivity contribution in [3.8, 4) is 5.82 Å². The fourth-order valence-corrected chi connectivity index (χ4v) is 4.75. The van der Waals surface area contributed by atoms with Gasteiger partial charge in [0.1, 0.15) is 11.4 Å². The first kappa shape index (κ1) is 19.4. The summed E-state index contributed by atoms with van der Waals surface area (Å²) < 4.78 is 1.91. The second-order valence-electron chi connectivity index (χ2n) is 8.17. The zero-order valence-electron chi connectivity index (χ0n) is 17.1. The summed E-state index contributed by atoms with van der Waals surface area (Å²) in [7, 11) is 0. The molecule has 1 spiro atoms. The average Bonchev–Trinajstić information content (AvgIpc) is 3.13. The molecule has 29 heavy (non-hydrogen) atoms. The van der Waals surface area contributed by atoms with Gasteiger partial charge < -0.3 is 9.88 Å². The van der Waals surface area contributed by atoms with Crippen molar-refractivity contribution in [2.45, 2.75) is 52.0 Å². The van der Waals surface area contributed by atoms with Crippen LogP contribution in [0.2, 0.25) is 0 Å². The lowest BCUT2D eigenvalue weighted by Gasteiger charge is -2.36. The Morgan fingerprint density at radius 1 is 1.28 bits per heavy atom. The third-order valence-corrected chi connectivity index (χ3v) is 6.41. The van der Waals surface area contributed by atoms with E-state index in [4.69, 9.17) is 0 Å². The van der Waals surface area contributed by atoms with Crippen molar-refractivity contribution in [3.05, 3.63) is 47.4 Å². The molecule has 1 aliphatic carbocycles. The van der Waals surface area contributed by atoms with E-state index < -0.39 is 11.6 Å². The molecule has 4 rings (SSSR count). The van der Waals surface area contributed by atoms with Crippen LogP contribution in [0, 0.1) is 19.8 Å². The number of pyridine rings is 1. The van der Waals surface area contributed by atoms with Crippen LogP contribution in [0.4, 0.5) is 4.79 Å². The van der Waals surface area contributed by atoms with E-state index in [0.717, 1.165) is 41.4 Å². The molecular formula is C22H26N4O3. The maximum absolute atomic E-state index is 13.1. The van der Waals surface area contributed by atoms with Crippen molar-refractivity contribution < 1.29 is 14.4 Å². The Hall–Kier alpha value is -2.96. The summed E-state index contributed by atoms with van der Waals surface area (Å²) in [4.78, 5) is 44.2. The summed E-state index contributed by atoms with van der Waals surface area (Å²) in [5.41, 5.74) is 1.28. The number of aryl methyl sites for hydroxylation is 1. The van der Waals surface area contributed by atoms with E-state index in [1.807, 2.05) is 43.5 Å². The molecule has 2 aromatic heterocycles. The summed E-state index contributed by atoms with van der Waals surface area (Å²) in [6, 6.07) is 6.93. The number of urea groups is 1. The Morgan fingerprint density at radius 3 is 2.76 bits per heavy atom. The summed E-state index contributed by atoms with van der Waals surface area (Å²) in [5.74, 6) is 0.291. The third kappa shape index (κ3) is 3.05. The van der Waals surface area contributed by atoms with Crippen LogP contribution in [0.15, 0.2) is 30.5 Å². The smallest absolute Gasteiger partial charge is 0.323 e. The normalized spacial score (nSPS) is 24.2. The topological polar surface area (TPSA) is 84.3 Å². The molecule has 0 aromatic carbocycles. The third-order valence-electron chi connectivity index (χ3n) is 6.41. The van der Waals surface area contributed by atoms with Gasteiger partial charge in [0.05, 0.1) is 6.54 Å². The van der Waals surface area contributed by atoms with Crippen LogP contribution in [-0.4, -0.2) is 44.3 Å². The van der Waals surface area contributed by atoms with E-state index in [0.29, 0.717) is 12.0 Å². The summed E-state index contributed by atoms with van der Waals surface area (Å²) in [6.45, 7) is 5.52. The minimum Gasteiger partial charge on any atom is -0.323 e. The van der Waals surface area contributed by atoms with Gasteiger partial charge in [-0.1, -0.05) is 25.8 Å². The molecule has 1 N–H and O–H groups in total. The molecule has 1 aliphatic heterocycles. The van der Waals surface area contributed by atoms with Crippen LogP contribution in [0.5, 0.6) is 0 Å². The average molecular weight is 394 g/mol. The molecule has 7 heteroatoms. The zero-order chi connectivity index (χ0) is 20.8. The van der Waals surface area contributed by atoms with Gasteiger partial charge in [-0.15, -0.1) is 0 Å². The number of imide groups is 1. The van der Waals surface area contributed by atoms with Crippen molar-refractivity contribution in [1.29, 1.82) is 0 Å².